The third kappa shape index (κ3) is 4.15. The minimum absolute atomic E-state index is 0.247. The maximum atomic E-state index is 13.4. The normalized spacial score (nSPS) is 29.6. The van der Waals surface area contributed by atoms with Gasteiger partial charge >= 0.3 is 0 Å². The van der Waals surface area contributed by atoms with Crippen molar-refractivity contribution in [3.8, 4) is 0 Å². The Balaban J connectivity index is 1.35. The second kappa shape index (κ2) is 9.80. The van der Waals surface area contributed by atoms with Gasteiger partial charge in [0.25, 0.3) is 11.8 Å². The van der Waals surface area contributed by atoms with Crippen LogP contribution < -0.4 is 0 Å². The van der Waals surface area contributed by atoms with Crippen molar-refractivity contribution in [1.29, 1.82) is 0 Å². The quantitative estimate of drug-likeness (QED) is 0.390. The predicted octanol–water partition coefficient (Wildman–Crippen LogP) is 3.62. The summed E-state index contributed by atoms with van der Waals surface area (Å²) in [5, 5.41) is 0. The molecule has 3 aromatic rings. The molecule has 0 aromatic heterocycles. The number of rotatable bonds is 5. The topological polar surface area (TPSA) is 74.3 Å². The summed E-state index contributed by atoms with van der Waals surface area (Å²) in [7, 11) is 0. The van der Waals surface area contributed by atoms with Crippen LogP contribution in [0.5, 0.6) is 0 Å². The Kier molecular flexibility index (Phi) is 6.37. The van der Waals surface area contributed by atoms with Gasteiger partial charge in [-0.05, 0) is 23.1 Å². The van der Waals surface area contributed by atoms with Gasteiger partial charge in [0, 0.05) is 5.56 Å². The number of carbonyl (C=O) groups excluding carboxylic acids is 2. The van der Waals surface area contributed by atoms with E-state index in [4.69, 9.17) is 31.6 Å². The first-order valence-electron chi connectivity index (χ1n) is 11.9. The third-order valence-electron chi connectivity index (χ3n) is 6.79. The minimum Gasteiger partial charge on any atom is -0.759 e. The van der Waals surface area contributed by atoms with E-state index >= 15 is 0 Å². The molecule has 6 rings (SSSR count). The lowest BCUT2D eigenvalue weighted by Gasteiger charge is -2.54. The van der Waals surface area contributed by atoms with E-state index in [9.17, 15) is 9.59 Å². The summed E-state index contributed by atoms with van der Waals surface area (Å²) >= 11 is 5.70. The maximum Gasteiger partial charge on any atom is 0.261 e. The lowest BCUT2D eigenvalue weighted by Crippen LogP contribution is -2.67. The number of imide groups is 1. The van der Waals surface area contributed by atoms with Crippen LogP contribution in [0.4, 0.5) is 0 Å². The lowest BCUT2D eigenvalue weighted by molar-refractivity contribution is -0.316. The van der Waals surface area contributed by atoms with Gasteiger partial charge in [0.15, 0.2) is 6.29 Å². The Labute approximate surface area is 214 Å². The van der Waals surface area contributed by atoms with E-state index in [1.54, 1.807) is 24.3 Å². The summed E-state index contributed by atoms with van der Waals surface area (Å²) in [5.74, 6) is -0.810. The first kappa shape index (κ1) is 23.4. The summed E-state index contributed by atoms with van der Waals surface area (Å²) in [5.41, 5.74) is 1.62. The highest BCUT2D eigenvalue weighted by molar-refractivity contribution is 7.59. The molecule has 0 radical (unpaired) electrons. The highest BCUT2D eigenvalue weighted by Crippen LogP contribution is 2.39. The van der Waals surface area contributed by atoms with Crippen molar-refractivity contribution in [2.24, 2.45) is 0 Å². The zero-order valence-corrected chi connectivity index (χ0v) is 20.1. The molecular weight excluding hydrogens is 478 g/mol. The number of carbonyl (C=O) groups is 2. The zero-order chi connectivity index (χ0) is 24.6. The smallest absolute Gasteiger partial charge is 0.261 e. The molecule has 2 fully saturated rings. The predicted molar refractivity (Wildman–Crippen MR) is 132 cm³/mol. The van der Waals surface area contributed by atoms with E-state index in [0.717, 1.165) is 11.1 Å². The number of hydrogen-bond acceptors (Lipinski definition) is 7. The molecule has 0 bridgehead atoms. The highest BCUT2D eigenvalue weighted by atomic mass is 32.1. The van der Waals surface area contributed by atoms with Gasteiger partial charge in [-0.2, -0.15) is 0 Å². The van der Waals surface area contributed by atoms with E-state index in [1.165, 1.54) is 4.90 Å². The van der Waals surface area contributed by atoms with Crippen molar-refractivity contribution in [3.05, 3.63) is 107 Å². The molecule has 7 nitrogen and oxygen atoms in total. The van der Waals surface area contributed by atoms with Gasteiger partial charge in [-0.3, -0.25) is 14.5 Å². The summed E-state index contributed by atoms with van der Waals surface area (Å²) in [6.45, 7) is 0.508. The Morgan fingerprint density at radius 1 is 0.833 bits per heavy atom. The first-order chi connectivity index (χ1) is 17.6. The van der Waals surface area contributed by atoms with Gasteiger partial charge in [-0.1, -0.05) is 72.8 Å². The summed E-state index contributed by atoms with van der Waals surface area (Å²) < 4.78 is 24.9. The first-order valence-corrected chi connectivity index (χ1v) is 12.3. The molecule has 1 unspecified atom stereocenters. The molecule has 3 aromatic carbocycles. The van der Waals surface area contributed by atoms with Gasteiger partial charge < -0.3 is 31.6 Å². The zero-order valence-electron chi connectivity index (χ0n) is 19.3. The van der Waals surface area contributed by atoms with E-state index in [2.05, 4.69) is 0 Å². The Morgan fingerprint density at radius 3 is 2.11 bits per heavy atom. The van der Waals surface area contributed by atoms with E-state index < -0.39 is 47.9 Å². The maximum absolute atomic E-state index is 13.4. The highest BCUT2D eigenvalue weighted by Gasteiger charge is 2.53. The molecule has 36 heavy (non-hydrogen) atoms. The van der Waals surface area contributed by atoms with Crippen molar-refractivity contribution in [3.63, 3.8) is 0 Å². The fourth-order valence-electron chi connectivity index (χ4n) is 5.05. The van der Waals surface area contributed by atoms with Crippen molar-refractivity contribution in [2.75, 3.05) is 6.61 Å². The number of benzene rings is 3. The van der Waals surface area contributed by atoms with Crippen molar-refractivity contribution >= 4 is 24.4 Å². The molecule has 3 heterocycles. The minimum atomic E-state index is -0.894. The van der Waals surface area contributed by atoms with Gasteiger partial charge in [0.1, 0.15) is 18.3 Å². The average Bonchev–Trinajstić information content (AvgIpc) is 3.17. The molecular formula is C28H24NO6S-. The third-order valence-corrected chi connectivity index (χ3v) is 7.18. The molecule has 3 aliphatic heterocycles. The standard InChI is InChI=1S/C28H25NO6S/c30-25-19-13-7-8-14-20(19)26(31)29(25)22-24(32-15-17-9-3-1-4-10-17)23-21(34-28(22)36)16-33-27(35-23)18-11-5-2-6-12-18/h1-14,21-24,27-28,36H,15-16H2/p-1/t21-,22-,23-,24-,27?,28+/m1/s1. The van der Waals surface area contributed by atoms with Crippen LogP contribution in [0.15, 0.2) is 84.9 Å². The molecule has 184 valence electrons. The number of ether oxygens (including phenoxy) is 4. The monoisotopic (exact) mass is 502 g/mol. The van der Waals surface area contributed by atoms with Gasteiger partial charge in [0.2, 0.25) is 0 Å². The number of amides is 2. The fraction of sp³-hybridized carbons (Fsp3) is 0.286. The van der Waals surface area contributed by atoms with Crippen LogP contribution in [-0.2, 0) is 38.2 Å². The summed E-state index contributed by atoms with van der Waals surface area (Å²) in [6.07, 6.45) is -2.46. The Bertz CT molecular complexity index is 1220. The number of nitrogens with zero attached hydrogens (tertiary/aromatic N) is 1. The van der Waals surface area contributed by atoms with Crippen LogP contribution in [-0.4, -0.2) is 53.1 Å². The van der Waals surface area contributed by atoms with Crippen LogP contribution in [0, 0.1) is 0 Å². The number of fused-ring (bicyclic) bond motifs is 2. The molecule has 0 saturated carbocycles. The molecule has 3 aliphatic rings. The second-order valence-corrected chi connectivity index (χ2v) is 9.46. The molecule has 8 heteroatoms. The molecule has 6 atom stereocenters. The molecule has 0 N–H and O–H groups in total. The molecule has 2 amide bonds. The average molecular weight is 503 g/mol. The molecule has 0 aliphatic carbocycles. The summed E-state index contributed by atoms with van der Waals surface area (Å²) in [4.78, 5) is 28.0. The molecule has 2 saturated heterocycles. The second-order valence-electron chi connectivity index (χ2n) is 9.00. The summed E-state index contributed by atoms with van der Waals surface area (Å²) in [6, 6.07) is 25.2. The largest absolute Gasteiger partial charge is 0.759 e. The van der Waals surface area contributed by atoms with Crippen molar-refractivity contribution in [1.82, 2.24) is 4.90 Å². The van der Waals surface area contributed by atoms with Crippen LogP contribution >= 0.6 is 0 Å². The van der Waals surface area contributed by atoms with Crippen LogP contribution in [0.1, 0.15) is 38.1 Å². The van der Waals surface area contributed by atoms with E-state index in [-0.39, 0.29) is 13.2 Å². The Morgan fingerprint density at radius 2 is 1.44 bits per heavy atom. The number of hydrogen-bond donors (Lipinski definition) is 0. The SMILES string of the molecule is O=C1c2ccccc2C(=O)N1[C@@H]1[C@@H](OCc2ccccc2)[C@@H]2OC(c3ccccc3)OC[C@H]2O[C@H]1[S-]. The van der Waals surface area contributed by atoms with E-state index in [0.29, 0.717) is 11.1 Å². The molecule has 0 spiro atoms. The van der Waals surface area contributed by atoms with Crippen molar-refractivity contribution < 1.29 is 28.5 Å². The fourth-order valence-corrected chi connectivity index (χ4v) is 5.47. The lowest BCUT2D eigenvalue weighted by atomic mass is 9.95. The van der Waals surface area contributed by atoms with Gasteiger partial charge in [-0.25, -0.2) is 0 Å². The van der Waals surface area contributed by atoms with Gasteiger partial charge in [-0.15, -0.1) is 0 Å². The van der Waals surface area contributed by atoms with Crippen molar-refractivity contribution in [2.45, 2.75) is 42.7 Å². The van der Waals surface area contributed by atoms with Crippen LogP contribution in [0.25, 0.3) is 0 Å². The van der Waals surface area contributed by atoms with Crippen LogP contribution in [0.2, 0.25) is 0 Å². The Hall–Kier alpha value is -3.01. The van der Waals surface area contributed by atoms with Crippen LogP contribution in [0.3, 0.4) is 0 Å². The van der Waals surface area contributed by atoms with E-state index in [1.807, 2.05) is 60.7 Å². The van der Waals surface area contributed by atoms with Gasteiger partial charge in [0.05, 0.1) is 30.4 Å².